The van der Waals surface area contributed by atoms with Crippen LogP contribution in [-0.2, 0) is 22.4 Å². The van der Waals surface area contributed by atoms with Crippen LogP contribution in [0, 0.1) is 12.7 Å². The van der Waals surface area contributed by atoms with E-state index in [4.69, 9.17) is 0 Å². The van der Waals surface area contributed by atoms with Crippen molar-refractivity contribution in [3.05, 3.63) is 106 Å². The molecule has 1 aliphatic carbocycles. The van der Waals surface area contributed by atoms with E-state index in [2.05, 4.69) is 0 Å². The third-order valence-corrected chi connectivity index (χ3v) is 6.64. The van der Waals surface area contributed by atoms with Crippen LogP contribution in [0.15, 0.2) is 72.3 Å². The van der Waals surface area contributed by atoms with Crippen LogP contribution < -0.4 is 4.90 Å². The van der Waals surface area contributed by atoms with Crippen molar-refractivity contribution in [2.24, 2.45) is 0 Å². The number of ketones is 1. The number of hydrogen-bond acceptors (Lipinski definition) is 3. The van der Waals surface area contributed by atoms with E-state index in [1.165, 1.54) is 28.7 Å². The zero-order valence-electron chi connectivity index (χ0n) is 18.3. The molecule has 1 N–H and O–H groups in total. The highest BCUT2D eigenvalue weighted by molar-refractivity contribution is 6.51. The lowest BCUT2D eigenvalue weighted by molar-refractivity contribution is -0.132. The Hall–Kier alpha value is -3.73. The number of amides is 1. The van der Waals surface area contributed by atoms with Crippen LogP contribution in [0.3, 0.4) is 0 Å². The molecular formula is C28H24FNO3. The molecule has 166 valence electrons. The average molecular weight is 442 g/mol. The van der Waals surface area contributed by atoms with E-state index < -0.39 is 23.5 Å². The lowest BCUT2D eigenvalue weighted by Crippen LogP contribution is -2.29. The molecule has 1 heterocycles. The maximum Gasteiger partial charge on any atom is 0.300 e. The number of benzene rings is 3. The number of carbonyl (C=O) groups excluding carboxylic acids is 2. The number of aliphatic hydroxyl groups excluding tert-OH is 1. The van der Waals surface area contributed by atoms with E-state index in [1.54, 1.807) is 6.07 Å². The van der Waals surface area contributed by atoms with Crippen LogP contribution in [0.2, 0.25) is 0 Å². The molecule has 5 rings (SSSR count). The van der Waals surface area contributed by atoms with Gasteiger partial charge in [0.25, 0.3) is 11.7 Å². The summed E-state index contributed by atoms with van der Waals surface area (Å²) in [5.74, 6) is -2.27. The maximum atomic E-state index is 14.1. The monoisotopic (exact) mass is 441 g/mol. The fourth-order valence-corrected chi connectivity index (χ4v) is 4.95. The summed E-state index contributed by atoms with van der Waals surface area (Å²) < 4.78 is 14.1. The van der Waals surface area contributed by atoms with Gasteiger partial charge in [-0.05, 0) is 79.1 Å². The Morgan fingerprint density at radius 2 is 1.70 bits per heavy atom. The minimum atomic E-state index is -0.857. The smallest absolute Gasteiger partial charge is 0.300 e. The molecular weight excluding hydrogens is 417 g/mol. The summed E-state index contributed by atoms with van der Waals surface area (Å²) in [7, 11) is 0. The standard InChI is InChI=1S/C28H24FNO3/c1-17-7-2-5-12-23(17)25-24(26(31)20-14-13-18-8-3-4-9-19(18)15-20)27(32)28(33)30(25)22-11-6-10-21(29)16-22/h2,5-7,10-16,25,31H,3-4,8-9H2,1H3/b26-24+. The molecule has 1 atom stereocenters. The van der Waals surface area contributed by atoms with Gasteiger partial charge in [-0.2, -0.15) is 0 Å². The lowest BCUT2D eigenvalue weighted by Gasteiger charge is -2.26. The molecule has 0 saturated carbocycles. The van der Waals surface area contributed by atoms with Gasteiger partial charge in [0.15, 0.2) is 0 Å². The molecule has 3 aromatic carbocycles. The Balaban J connectivity index is 1.72. The van der Waals surface area contributed by atoms with Crippen LogP contribution in [0.1, 0.15) is 46.7 Å². The minimum Gasteiger partial charge on any atom is -0.507 e. The van der Waals surface area contributed by atoms with Gasteiger partial charge in [-0.15, -0.1) is 0 Å². The first-order valence-electron chi connectivity index (χ1n) is 11.2. The van der Waals surface area contributed by atoms with Gasteiger partial charge in [0.2, 0.25) is 0 Å². The summed E-state index contributed by atoms with van der Waals surface area (Å²) in [6.07, 6.45) is 4.16. The van der Waals surface area contributed by atoms with Crippen molar-refractivity contribution in [3.63, 3.8) is 0 Å². The van der Waals surface area contributed by atoms with Crippen molar-refractivity contribution in [2.75, 3.05) is 4.90 Å². The van der Waals surface area contributed by atoms with E-state index >= 15 is 0 Å². The Morgan fingerprint density at radius 1 is 0.939 bits per heavy atom. The number of hydrogen-bond donors (Lipinski definition) is 1. The van der Waals surface area contributed by atoms with Crippen molar-refractivity contribution in [2.45, 2.75) is 38.6 Å². The summed E-state index contributed by atoms with van der Waals surface area (Å²) >= 11 is 0. The highest BCUT2D eigenvalue weighted by atomic mass is 19.1. The SMILES string of the molecule is Cc1ccccc1C1/C(=C(\O)c2ccc3c(c2)CCCC3)C(=O)C(=O)N1c1cccc(F)c1. The van der Waals surface area contributed by atoms with Crippen LogP contribution in [-0.4, -0.2) is 16.8 Å². The first-order valence-corrected chi connectivity index (χ1v) is 11.2. The second-order valence-corrected chi connectivity index (χ2v) is 8.70. The molecule has 1 amide bonds. The van der Waals surface area contributed by atoms with E-state index in [9.17, 15) is 19.1 Å². The fraction of sp³-hybridized carbons (Fsp3) is 0.214. The second-order valence-electron chi connectivity index (χ2n) is 8.70. The zero-order valence-corrected chi connectivity index (χ0v) is 18.3. The van der Waals surface area contributed by atoms with Crippen LogP contribution in [0.4, 0.5) is 10.1 Å². The molecule has 0 spiro atoms. The third-order valence-electron chi connectivity index (χ3n) is 6.64. The summed E-state index contributed by atoms with van der Waals surface area (Å²) in [4.78, 5) is 27.8. The Morgan fingerprint density at radius 3 is 2.45 bits per heavy atom. The number of nitrogens with zero attached hydrogens (tertiary/aromatic N) is 1. The Kier molecular flexibility index (Phi) is 5.33. The third kappa shape index (κ3) is 3.63. The predicted octanol–water partition coefficient (Wildman–Crippen LogP) is 5.64. The molecule has 3 aromatic rings. The van der Waals surface area contributed by atoms with E-state index in [1.807, 2.05) is 49.4 Å². The highest BCUT2D eigenvalue weighted by Gasteiger charge is 2.47. The second kappa shape index (κ2) is 8.32. The molecule has 4 nitrogen and oxygen atoms in total. The number of anilines is 1. The predicted molar refractivity (Wildman–Crippen MR) is 125 cm³/mol. The number of rotatable bonds is 3. The Bertz CT molecular complexity index is 1310. The van der Waals surface area contributed by atoms with Crippen LogP contribution in [0.25, 0.3) is 5.76 Å². The summed E-state index contributed by atoms with van der Waals surface area (Å²) in [5, 5.41) is 11.4. The molecule has 0 radical (unpaired) electrons. The summed E-state index contributed by atoms with van der Waals surface area (Å²) in [6.45, 7) is 1.89. The quantitative estimate of drug-likeness (QED) is 0.325. The molecule has 1 aliphatic heterocycles. The van der Waals surface area contributed by atoms with Crippen molar-refractivity contribution in [1.29, 1.82) is 0 Å². The van der Waals surface area contributed by atoms with Crippen LogP contribution >= 0.6 is 0 Å². The van der Waals surface area contributed by atoms with Crippen molar-refractivity contribution >= 4 is 23.1 Å². The zero-order chi connectivity index (χ0) is 23.1. The lowest BCUT2D eigenvalue weighted by atomic mass is 9.88. The van der Waals surface area contributed by atoms with Gasteiger partial charge in [-0.1, -0.05) is 42.5 Å². The number of carbonyl (C=O) groups is 2. The van der Waals surface area contributed by atoms with Crippen LogP contribution in [0.5, 0.6) is 0 Å². The molecule has 2 aliphatic rings. The number of halogens is 1. The fourth-order valence-electron chi connectivity index (χ4n) is 4.95. The van der Waals surface area contributed by atoms with Gasteiger partial charge >= 0.3 is 0 Å². The summed E-state index contributed by atoms with van der Waals surface area (Å²) in [5.41, 5.74) is 4.81. The van der Waals surface area contributed by atoms with Crippen molar-refractivity contribution < 1.29 is 19.1 Å². The molecule has 0 bridgehead atoms. The van der Waals surface area contributed by atoms with Gasteiger partial charge in [0, 0.05) is 11.3 Å². The molecule has 1 saturated heterocycles. The Labute approximate surface area is 192 Å². The molecule has 1 unspecified atom stereocenters. The van der Waals surface area contributed by atoms with Gasteiger partial charge < -0.3 is 5.11 Å². The van der Waals surface area contributed by atoms with Gasteiger partial charge in [0.1, 0.15) is 11.6 Å². The number of aliphatic hydroxyl groups is 1. The normalized spacial score (nSPS) is 19.6. The molecule has 5 heteroatoms. The first-order chi connectivity index (χ1) is 16.0. The van der Waals surface area contributed by atoms with Gasteiger partial charge in [-0.3, -0.25) is 14.5 Å². The van der Waals surface area contributed by atoms with Crippen molar-refractivity contribution in [1.82, 2.24) is 0 Å². The van der Waals surface area contributed by atoms with Gasteiger partial charge in [0.05, 0.1) is 11.6 Å². The average Bonchev–Trinajstić information content (AvgIpc) is 3.09. The number of Topliss-reactive ketones (excluding diaryl/α,β-unsaturated/α-hetero) is 1. The van der Waals surface area contributed by atoms with Crippen molar-refractivity contribution in [3.8, 4) is 0 Å². The summed E-state index contributed by atoms with van der Waals surface area (Å²) in [6, 6.07) is 17.9. The first kappa shape index (κ1) is 21.1. The number of fused-ring (bicyclic) bond motifs is 1. The van der Waals surface area contributed by atoms with E-state index in [0.717, 1.165) is 36.8 Å². The molecule has 0 aromatic heterocycles. The minimum absolute atomic E-state index is 0.0225. The highest BCUT2D eigenvalue weighted by Crippen LogP contribution is 2.43. The molecule has 1 fully saturated rings. The topological polar surface area (TPSA) is 57.6 Å². The van der Waals surface area contributed by atoms with E-state index in [0.29, 0.717) is 11.1 Å². The number of aryl methyl sites for hydroxylation is 3. The molecule has 33 heavy (non-hydrogen) atoms. The maximum absolute atomic E-state index is 14.1. The van der Waals surface area contributed by atoms with Gasteiger partial charge in [-0.25, -0.2) is 4.39 Å². The largest absolute Gasteiger partial charge is 0.507 e. The van der Waals surface area contributed by atoms with E-state index in [-0.39, 0.29) is 17.0 Å².